The Hall–Kier alpha value is -1.20. The number of amides is 1. The number of hydrogen-bond donors (Lipinski definition) is 2. The van der Waals surface area contributed by atoms with Crippen LogP contribution in [0.2, 0.25) is 5.02 Å². The Bertz CT molecular complexity index is 495. The summed E-state index contributed by atoms with van der Waals surface area (Å²) in [5.41, 5.74) is 4.60. The largest absolute Gasteiger partial charge is 0.391 e. The van der Waals surface area contributed by atoms with Crippen molar-refractivity contribution >= 4 is 34.7 Å². The van der Waals surface area contributed by atoms with Gasteiger partial charge in [-0.2, -0.15) is 0 Å². The number of nitrogens with one attached hydrogen (secondary N) is 1. The number of thiocarbonyl (C=S) groups is 1. The Kier molecular flexibility index (Phi) is 4.65. The van der Waals surface area contributed by atoms with Crippen LogP contribution < -0.4 is 11.1 Å². The van der Waals surface area contributed by atoms with Gasteiger partial charge in [0.15, 0.2) is 5.82 Å². The minimum absolute atomic E-state index is 0.101. The third-order valence-corrected chi connectivity index (χ3v) is 3.58. The van der Waals surface area contributed by atoms with E-state index in [0.717, 1.165) is 0 Å². The minimum atomic E-state index is -0.846. The second kappa shape index (κ2) is 5.63. The number of carbonyl (C=O) groups excluding carboxylic acids is 1. The van der Waals surface area contributed by atoms with Crippen LogP contribution in [0.4, 0.5) is 4.39 Å². The smallest absolute Gasteiger partial charge is 0.255 e. The summed E-state index contributed by atoms with van der Waals surface area (Å²) in [5, 5.41) is 2.52. The van der Waals surface area contributed by atoms with Crippen LogP contribution in [0.1, 0.15) is 30.6 Å². The predicted molar refractivity (Wildman–Crippen MR) is 74.4 cm³/mol. The average Bonchev–Trinajstić information content (AvgIpc) is 2.32. The molecular weight excluding hydrogens is 275 g/mol. The summed E-state index contributed by atoms with van der Waals surface area (Å²) in [5.74, 6) is -1.34. The molecule has 1 amide bonds. The van der Waals surface area contributed by atoms with E-state index in [1.807, 2.05) is 6.92 Å². The van der Waals surface area contributed by atoms with E-state index in [0.29, 0.717) is 6.42 Å². The zero-order chi connectivity index (χ0) is 13.9. The monoisotopic (exact) mass is 288 g/mol. The molecule has 0 spiro atoms. The van der Waals surface area contributed by atoms with Crippen molar-refractivity contribution in [1.82, 2.24) is 5.32 Å². The van der Waals surface area contributed by atoms with Crippen LogP contribution >= 0.6 is 23.8 Å². The molecule has 0 fully saturated rings. The van der Waals surface area contributed by atoms with E-state index in [2.05, 4.69) is 5.32 Å². The number of nitrogens with two attached hydrogens (primary N) is 1. The first kappa shape index (κ1) is 14.9. The molecule has 0 aliphatic heterocycles. The zero-order valence-corrected chi connectivity index (χ0v) is 11.7. The fourth-order valence-electron chi connectivity index (χ4n) is 1.32. The van der Waals surface area contributed by atoms with E-state index < -0.39 is 17.3 Å². The topological polar surface area (TPSA) is 55.1 Å². The maximum absolute atomic E-state index is 13.7. The van der Waals surface area contributed by atoms with Crippen LogP contribution in [0.3, 0.4) is 0 Å². The Morgan fingerprint density at radius 2 is 2.22 bits per heavy atom. The Morgan fingerprint density at radius 1 is 1.61 bits per heavy atom. The molecule has 1 aromatic carbocycles. The molecule has 0 aliphatic carbocycles. The fraction of sp³-hybridized carbons (Fsp3) is 0.333. The highest BCUT2D eigenvalue weighted by atomic mass is 35.5. The van der Waals surface area contributed by atoms with Crippen molar-refractivity contribution in [3.63, 3.8) is 0 Å². The van der Waals surface area contributed by atoms with Crippen molar-refractivity contribution in [3.05, 3.63) is 34.6 Å². The molecule has 1 rings (SSSR count). The lowest BCUT2D eigenvalue weighted by Gasteiger charge is -2.28. The Balaban J connectivity index is 3.02. The van der Waals surface area contributed by atoms with Crippen LogP contribution in [-0.2, 0) is 0 Å². The van der Waals surface area contributed by atoms with Crippen molar-refractivity contribution in [3.8, 4) is 0 Å². The molecule has 0 saturated carbocycles. The molecule has 6 heteroatoms. The number of hydrogen-bond acceptors (Lipinski definition) is 2. The van der Waals surface area contributed by atoms with Crippen molar-refractivity contribution in [2.24, 2.45) is 5.73 Å². The molecule has 3 N–H and O–H groups in total. The van der Waals surface area contributed by atoms with Gasteiger partial charge in [0.2, 0.25) is 0 Å². The van der Waals surface area contributed by atoms with E-state index in [1.165, 1.54) is 18.2 Å². The minimum Gasteiger partial charge on any atom is -0.391 e. The maximum Gasteiger partial charge on any atom is 0.255 e. The predicted octanol–water partition coefficient (Wildman–Crippen LogP) is 2.66. The number of rotatable bonds is 4. The second-order valence-electron chi connectivity index (χ2n) is 4.11. The van der Waals surface area contributed by atoms with Gasteiger partial charge in [-0.05, 0) is 25.5 Å². The first-order valence-corrected chi connectivity index (χ1v) is 6.17. The van der Waals surface area contributed by atoms with Gasteiger partial charge in [-0.15, -0.1) is 0 Å². The van der Waals surface area contributed by atoms with Gasteiger partial charge in [-0.1, -0.05) is 36.8 Å². The lowest BCUT2D eigenvalue weighted by Crippen LogP contribution is -2.54. The summed E-state index contributed by atoms with van der Waals surface area (Å²) in [7, 11) is 0. The number of carbonyl (C=O) groups is 1. The second-order valence-corrected chi connectivity index (χ2v) is 4.95. The molecule has 0 aromatic heterocycles. The van der Waals surface area contributed by atoms with Crippen LogP contribution in [0.5, 0.6) is 0 Å². The third kappa shape index (κ3) is 2.97. The molecule has 0 aliphatic rings. The van der Waals surface area contributed by atoms with E-state index in [-0.39, 0.29) is 15.6 Å². The molecule has 18 heavy (non-hydrogen) atoms. The van der Waals surface area contributed by atoms with E-state index in [9.17, 15) is 9.18 Å². The molecule has 0 saturated heterocycles. The number of halogens is 2. The van der Waals surface area contributed by atoms with Crippen LogP contribution in [0.15, 0.2) is 18.2 Å². The first-order valence-electron chi connectivity index (χ1n) is 5.38. The van der Waals surface area contributed by atoms with Crippen molar-refractivity contribution < 1.29 is 9.18 Å². The maximum atomic E-state index is 13.7. The molecular formula is C12H14ClFN2OS. The SMILES string of the molecule is CCC(C)(NC(=O)c1cccc(Cl)c1F)C(N)=S. The van der Waals surface area contributed by atoms with Crippen molar-refractivity contribution in [1.29, 1.82) is 0 Å². The zero-order valence-electron chi connectivity index (χ0n) is 10.1. The molecule has 0 bridgehead atoms. The van der Waals surface area contributed by atoms with Gasteiger partial charge in [-0.3, -0.25) is 4.79 Å². The van der Waals surface area contributed by atoms with Crippen LogP contribution in [-0.4, -0.2) is 16.4 Å². The first-order chi connectivity index (χ1) is 8.31. The molecule has 1 aromatic rings. The standard InChI is InChI=1S/C12H14ClFN2OS/c1-3-12(2,11(15)18)16-10(17)7-5-4-6-8(13)9(7)14/h4-6H,3H2,1-2H3,(H2,15,18)(H,16,17). The lowest BCUT2D eigenvalue weighted by atomic mass is 9.98. The summed E-state index contributed by atoms with van der Waals surface area (Å²) < 4.78 is 13.7. The van der Waals surface area contributed by atoms with E-state index in [4.69, 9.17) is 29.6 Å². The van der Waals surface area contributed by atoms with E-state index in [1.54, 1.807) is 6.92 Å². The summed E-state index contributed by atoms with van der Waals surface area (Å²) in [4.78, 5) is 12.1. The normalized spacial score (nSPS) is 13.8. The molecule has 0 heterocycles. The van der Waals surface area contributed by atoms with Gasteiger partial charge in [0.1, 0.15) is 0 Å². The van der Waals surface area contributed by atoms with Gasteiger partial charge >= 0.3 is 0 Å². The summed E-state index contributed by atoms with van der Waals surface area (Å²) >= 11 is 10.5. The highest BCUT2D eigenvalue weighted by molar-refractivity contribution is 7.80. The van der Waals surface area contributed by atoms with Gasteiger partial charge in [0, 0.05) is 0 Å². The highest BCUT2D eigenvalue weighted by Crippen LogP contribution is 2.19. The molecule has 3 nitrogen and oxygen atoms in total. The summed E-state index contributed by atoms with van der Waals surface area (Å²) in [6, 6.07) is 4.23. The summed E-state index contributed by atoms with van der Waals surface area (Å²) in [6.45, 7) is 3.52. The van der Waals surface area contributed by atoms with E-state index >= 15 is 0 Å². The van der Waals surface area contributed by atoms with Gasteiger partial charge in [0.25, 0.3) is 5.91 Å². The number of benzene rings is 1. The molecule has 1 atom stereocenters. The van der Waals surface area contributed by atoms with Crippen LogP contribution in [0, 0.1) is 5.82 Å². The lowest BCUT2D eigenvalue weighted by molar-refractivity contribution is 0.0922. The van der Waals surface area contributed by atoms with Gasteiger partial charge < -0.3 is 11.1 Å². The molecule has 1 unspecified atom stereocenters. The van der Waals surface area contributed by atoms with Crippen molar-refractivity contribution in [2.75, 3.05) is 0 Å². The Morgan fingerprint density at radius 3 is 2.72 bits per heavy atom. The van der Waals surface area contributed by atoms with Crippen LogP contribution in [0.25, 0.3) is 0 Å². The highest BCUT2D eigenvalue weighted by Gasteiger charge is 2.29. The van der Waals surface area contributed by atoms with Crippen molar-refractivity contribution in [2.45, 2.75) is 25.8 Å². The average molecular weight is 289 g/mol. The van der Waals surface area contributed by atoms with Gasteiger partial charge in [-0.25, -0.2) is 4.39 Å². The summed E-state index contributed by atoms with van der Waals surface area (Å²) in [6.07, 6.45) is 0.510. The quantitative estimate of drug-likeness (QED) is 0.838. The third-order valence-electron chi connectivity index (χ3n) is 2.84. The molecule has 98 valence electrons. The fourth-order valence-corrected chi connectivity index (χ4v) is 1.69. The Labute approximate surface area is 115 Å². The molecule has 0 radical (unpaired) electrons. The van der Waals surface area contributed by atoms with Gasteiger partial charge in [0.05, 0.1) is 21.1 Å².